The molecule has 34 heavy (non-hydrogen) atoms. The number of quaternary nitrogens is 2. The summed E-state index contributed by atoms with van der Waals surface area (Å²) >= 11 is 12.7. The molecule has 0 aromatic heterocycles. The molecule has 1 aromatic rings. The van der Waals surface area contributed by atoms with E-state index in [0.717, 1.165) is 70.8 Å². The molecule has 2 aliphatic rings. The molecule has 0 amide bonds. The van der Waals surface area contributed by atoms with Crippen molar-refractivity contribution in [3.05, 3.63) is 59.9 Å². The summed E-state index contributed by atoms with van der Waals surface area (Å²) in [6, 6.07) is 8.24. The molecule has 2 saturated heterocycles. The Morgan fingerprint density at radius 1 is 0.735 bits per heavy atom. The van der Waals surface area contributed by atoms with Crippen LogP contribution in [-0.2, 0) is 0 Å². The predicted molar refractivity (Wildman–Crippen MR) is 137 cm³/mol. The van der Waals surface area contributed by atoms with E-state index in [0.29, 0.717) is 0 Å². The molecule has 1 aromatic carbocycles. The van der Waals surface area contributed by atoms with E-state index in [2.05, 4.69) is 61.1 Å². The third-order valence-electron chi connectivity index (χ3n) is 7.10. The van der Waals surface area contributed by atoms with E-state index in [1.165, 1.54) is 25.7 Å². The zero-order chi connectivity index (χ0) is 23.2. The smallest absolute Gasteiger partial charge is 0.145 e. The monoisotopic (exact) mass is 540 g/mol. The SMILES string of the molecule is C=C(C(C)Cl)[N+]1(CC#Cc2ccc(C#CC[N+]3(C(=C)C(C)Cl)CCCC3)cc2)CCCC1.[Cl-].[Cl-]. The summed E-state index contributed by atoms with van der Waals surface area (Å²) in [5.41, 5.74) is 4.22. The van der Waals surface area contributed by atoms with Gasteiger partial charge in [0.1, 0.15) is 35.2 Å². The highest BCUT2D eigenvalue weighted by Crippen LogP contribution is 2.30. The van der Waals surface area contributed by atoms with Gasteiger partial charge in [0.25, 0.3) is 0 Å². The number of hydrogen-bond acceptors (Lipinski definition) is 0. The van der Waals surface area contributed by atoms with Crippen LogP contribution in [0.2, 0.25) is 0 Å². The Labute approximate surface area is 229 Å². The van der Waals surface area contributed by atoms with Gasteiger partial charge in [-0.15, -0.1) is 23.2 Å². The van der Waals surface area contributed by atoms with Gasteiger partial charge in [-0.1, -0.05) is 11.8 Å². The molecule has 6 heteroatoms. The molecule has 0 spiro atoms. The second-order valence-electron chi connectivity index (χ2n) is 9.31. The first kappa shape index (κ1) is 30.9. The number of likely N-dealkylation sites (tertiary alicyclic amines) is 2. The zero-order valence-corrected chi connectivity index (χ0v) is 23.4. The highest BCUT2D eigenvalue weighted by atomic mass is 35.5. The fourth-order valence-corrected chi connectivity index (χ4v) is 5.37. The summed E-state index contributed by atoms with van der Waals surface area (Å²) in [7, 11) is 0. The Morgan fingerprint density at radius 2 is 1.03 bits per heavy atom. The minimum absolute atomic E-state index is 0. The van der Waals surface area contributed by atoms with Crippen molar-refractivity contribution >= 4 is 23.2 Å². The Morgan fingerprint density at radius 3 is 1.29 bits per heavy atom. The maximum atomic E-state index is 6.35. The highest BCUT2D eigenvalue weighted by molar-refractivity contribution is 6.22. The Kier molecular flexibility index (Phi) is 12.6. The van der Waals surface area contributed by atoms with E-state index in [4.69, 9.17) is 23.2 Å². The van der Waals surface area contributed by atoms with Crippen LogP contribution in [0.1, 0.15) is 50.7 Å². The molecule has 3 rings (SSSR count). The van der Waals surface area contributed by atoms with Crippen molar-refractivity contribution in [1.29, 1.82) is 0 Å². The van der Waals surface area contributed by atoms with E-state index in [9.17, 15) is 0 Å². The van der Waals surface area contributed by atoms with Crippen LogP contribution in [0.4, 0.5) is 0 Å². The molecule has 2 heterocycles. The first-order valence-corrected chi connectivity index (χ1v) is 12.6. The number of rotatable bonds is 6. The average Bonchev–Trinajstić information content (AvgIpc) is 3.45. The van der Waals surface area contributed by atoms with Crippen LogP contribution in [0.3, 0.4) is 0 Å². The van der Waals surface area contributed by atoms with Crippen LogP contribution in [0.25, 0.3) is 0 Å². The standard InChI is InChI=1S/C28H36Cl2N2.2ClH/c1-23(29)25(3)31(17-5-6-18-31)21-9-11-27-13-15-28(16-14-27)12-10-22-32(19-7-8-20-32)26(4)24(2)30;;/h13-16,23-24H,3-8,17-22H2,1-2H3;2*1H/q+2;;/p-2. The lowest BCUT2D eigenvalue weighted by molar-refractivity contribution is -0.873. The van der Waals surface area contributed by atoms with Crippen molar-refractivity contribution in [3.63, 3.8) is 0 Å². The average molecular weight is 542 g/mol. The molecule has 0 radical (unpaired) electrons. The van der Waals surface area contributed by atoms with Gasteiger partial charge in [0.15, 0.2) is 0 Å². The summed E-state index contributed by atoms with van der Waals surface area (Å²) in [5.74, 6) is 13.4. The van der Waals surface area contributed by atoms with Gasteiger partial charge in [0, 0.05) is 36.8 Å². The number of hydrogen-bond donors (Lipinski definition) is 0. The van der Waals surface area contributed by atoms with E-state index in [1.807, 2.05) is 13.8 Å². The lowest BCUT2D eigenvalue weighted by atomic mass is 10.1. The van der Waals surface area contributed by atoms with Crippen molar-refractivity contribution in [1.82, 2.24) is 0 Å². The molecule has 2 aliphatic heterocycles. The lowest BCUT2D eigenvalue weighted by Crippen LogP contribution is -3.00. The molecule has 0 aliphatic carbocycles. The number of nitrogens with zero attached hydrogens (tertiary/aromatic N) is 2. The molecule has 186 valence electrons. The summed E-state index contributed by atoms with van der Waals surface area (Å²) < 4.78 is 1.68. The van der Waals surface area contributed by atoms with Crippen LogP contribution in [-0.4, -0.2) is 59.0 Å². The Balaban J connectivity index is 0.00000289. The predicted octanol–water partition coefficient (Wildman–Crippen LogP) is -0.0992. The van der Waals surface area contributed by atoms with E-state index >= 15 is 0 Å². The molecule has 2 nitrogen and oxygen atoms in total. The van der Waals surface area contributed by atoms with Crippen LogP contribution < -0.4 is 24.8 Å². The largest absolute Gasteiger partial charge is 1.00 e. The summed E-state index contributed by atoms with van der Waals surface area (Å²) in [4.78, 5) is 0. The van der Waals surface area contributed by atoms with Crippen LogP contribution in [0, 0.1) is 23.7 Å². The van der Waals surface area contributed by atoms with Gasteiger partial charge in [-0.25, -0.2) is 0 Å². The topological polar surface area (TPSA) is 0 Å². The van der Waals surface area contributed by atoms with Gasteiger partial charge < -0.3 is 24.8 Å². The third kappa shape index (κ3) is 7.45. The second-order valence-corrected chi connectivity index (χ2v) is 10.6. The maximum Gasteiger partial charge on any atom is 0.145 e. The van der Waals surface area contributed by atoms with Gasteiger partial charge in [0.2, 0.25) is 0 Å². The van der Waals surface area contributed by atoms with Crippen molar-refractivity contribution in [2.24, 2.45) is 0 Å². The van der Waals surface area contributed by atoms with E-state index in [1.54, 1.807) is 0 Å². The number of halogens is 4. The minimum Gasteiger partial charge on any atom is -1.00 e. The third-order valence-corrected chi connectivity index (χ3v) is 7.60. The molecule has 2 fully saturated rings. The van der Waals surface area contributed by atoms with E-state index in [-0.39, 0.29) is 35.6 Å². The molecule has 2 unspecified atom stereocenters. The number of allylic oxidation sites excluding steroid dienone is 2. The molecular weight excluding hydrogens is 506 g/mol. The van der Waals surface area contributed by atoms with Crippen LogP contribution in [0.5, 0.6) is 0 Å². The summed E-state index contributed by atoms with van der Waals surface area (Å²) in [6.45, 7) is 18.5. The number of alkyl halides is 2. The quantitative estimate of drug-likeness (QED) is 0.268. The molecule has 0 N–H and O–H groups in total. The van der Waals surface area contributed by atoms with Crippen molar-refractivity contribution in [2.75, 3.05) is 39.3 Å². The first-order valence-electron chi connectivity index (χ1n) is 11.7. The lowest BCUT2D eigenvalue weighted by Gasteiger charge is -2.34. The van der Waals surface area contributed by atoms with Gasteiger partial charge >= 0.3 is 0 Å². The zero-order valence-electron chi connectivity index (χ0n) is 20.4. The second kappa shape index (κ2) is 13.8. The van der Waals surface area contributed by atoms with Gasteiger partial charge in [-0.3, -0.25) is 8.97 Å². The van der Waals surface area contributed by atoms with Crippen molar-refractivity contribution in [2.45, 2.75) is 50.3 Å². The maximum absolute atomic E-state index is 6.35. The van der Waals surface area contributed by atoms with Crippen molar-refractivity contribution < 1.29 is 33.8 Å². The first-order chi connectivity index (χ1) is 15.3. The van der Waals surface area contributed by atoms with Gasteiger partial charge in [0.05, 0.1) is 26.2 Å². The Hall–Kier alpha value is -1.10. The fourth-order valence-electron chi connectivity index (χ4n) is 4.95. The number of benzene rings is 1. The van der Waals surface area contributed by atoms with E-state index < -0.39 is 0 Å². The summed E-state index contributed by atoms with van der Waals surface area (Å²) in [6.07, 6.45) is 4.87. The molecule has 2 atom stereocenters. The molecular formula is C28H36Cl4N2. The molecule has 0 bridgehead atoms. The van der Waals surface area contributed by atoms with Crippen LogP contribution >= 0.6 is 23.2 Å². The fraction of sp³-hybridized carbons (Fsp3) is 0.500. The van der Waals surface area contributed by atoms with Crippen LogP contribution in [0.15, 0.2) is 48.8 Å². The molecule has 0 saturated carbocycles. The Bertz CT molecular complexity index is 867. The van der Waals surface area contributed by atoms with Gasteiger partial charge in [-0.05, 0) is 63.1 Å². The highest BCUT2D eigenvalue weighted by Gasteiger charge is 2.37. The normalized spacial score (nSPS) is 19.2. The van der Waals surface area contributed by atoms with Crippen molar-refractivity contribution in [3.8, 4) is 23.7 Å². The summed E-state index contributed by atoms with van der Waals surface area (Å²) in [5, 5.41) is -0.0564. The minimum atomic E-state index is -0.0282. The van der Waals surface area contributed by atoms with Gasteiger partial charge in [-0.2, -0.15) is 0 Å².